The fraction of sp³-hybridized carbons (Fsp3) is 0.308. The van der Waals surface area contributed by atoms with Crippen LogP contribution in [0.25, 0.3) is 10.9 Å². The first-order valence-corrected chi connectivity index (χ1v) is 5.15. The zero-order valence-corrected chi connectivity index (χ0v) is 9.32. The minimum atomic E-state index is 0.428. The molecule has 0 aliphatic heterocycles. The van der Waals surface area contributed by atoms with Gasteiger partial charge in [0.05, 0.1) is 12.6 Å². The second kappa shape index (κ2) is 3.89. The molecule has 0 aliphatic carbocycles. The van der Waals surface area contributed by atoms with Crippen LogP contribution < -0.4 is 4.74 Å². The van der Waals surface area contributed by atoms with Crippen molar-refractivity contribution < 1.29 is 4.74 Å². The molecule has 0 aliphatic rings. The van der Waals surface area contributed by atoms with Gasteiger partial charge in [0.1, 0.15) is 5.75 Å². The summed E-state index contributed by atoms with van der Waals surface area (Å²) in [5, 5.41) is 1.09. The lowest BCUT2D eigenvalue weighted by Crippen LogP contribution is -1.96. The maximum Gasteiger partial charge on any atom is 0.133 e. The van der Waals surface area contributed by atoms with E-state index in [-0.39, 0.29) is 0 Å². The Labute approximate surface area is 89.9 Å². The van der Waals surface area contributed by atoms with E-state index < -0.39 is 0 Å². The van der Waals surface area contributed by atoms with Crippen LogP contribution in [0.2, 0.25) is 0 Å². The Morgan fingerprint density at radius 2 is 1.93 bits per heavy atom. The average molecular weight is 201 g/mol. The number of benzene rings is 1. The van der Waals surface area contributed by atoms with Crippen molar-refractivity contribution in [3.8, 4) is 5.75 Å². The summed E-state index contributed by atoms with van der Waals surface area (Å²) in [5.41, 5.74) is 2.15. The summed E-state index contributed by atoms with van der Waals surface area (Å²) in [7, 11) is 1.72. The van der Waals surface area contributed by atoms with Crippen LogP contribution in [0.4, 0.5) is 0 Å². The lowest BCUT2D eigenvalue weighted by Gasteiger charge is -2.13. The molecule has 15 heavy (non-hydrogen) atoms. The van der Waals surface area contributed by atoms with E-state index in [1.165, 1.54) is 0 Å². The van der Waals surface area contributed by atoms with E-state index in [0.29, 0.717) is 5.92 Å². The molecular formula is C13H15NO. The van der Waals surface area contributed by atoms with E-state index in [1.54, 1.807) is 7.11 Å². The largest absolute Gasteiger partial charge is 0.496 e. The third-order valence-corrected chi connectivity index (χ3v) is 2.58. The summed E-state index contributed by atoms with van der Waals surface area (Å²) in [6.45, 7) is 4.29. The molecule has 1 aromatic carbocycles. The molecule has 0 fully saturated rings. The molecular weight excluding hydrogens is 186 g/mol. The van der Waals surface area contributed by atoms with Gasteiger partial charge in [0.2, 0.25) is 0 Å². The molecule has 1 aromatic heterocycles. The fourth-order valence-electron chi connectivity index (χ4n) is 1.77. The van der Waals surface area contributed by atoms with E-state index in [0.717, 1.165) is 22.2 Å². The monoisotopic (exact) mass is 201 g/mol. The molecule has 0 atom stereocenters. The smallest absolute Gasteiger partial charge is 0.133 e. The van der Waals surface area contributed by atoms with E-state index in [4.69, 9.17) is 4.74 Å². The lowest BCUT2D eigenvalue weighted by molar-refractivity contribution is 0.412. The van der Waals surface area contributed by atoms with Gasteiger partial charge in [0.15, 0.2) is 0 Å². The highest BCUT2D eigenvalue weighted by Crippen LogP contribution is 2.32. The molecule has 0 radical (unpaired) electrons. The molecule has 0 bridgehead atoms. The predicted octanol–water partition coefficient (Wildman–Crippen LogP) is 3.37. The molecule has 2 rings (SSSR count). The van der Waals surface area contributed by atoms with Gasteiger partial charge in [0.25, 0.3) is 0 Å². The number of para-hydroxylation sites is 1. The third kappa shape index (κ3) is 1.67. The maximum atomic E-state index is 5.48. The summed E-state index contributed by atoms with van der Waals surface area (Å²) in [6, 6.07) is 8.05. The van der Waals surface area contributed by atoms with Gasteiger partial charge < -0.3 is 4.74 Å². The van der Waals surface area contributed by atoms with Crippen LogP contribution in [0.5, 0.6) is 5.75 Å². The number of hydrogen-bond donors (Lipinski definition) is 0. The first kappa shape index (κ1) is 9.97. The Morgan fingerprint density at radius 1 is 1.20 bits per heavy atom. The van der Waals surface area contributed by atoms with Crippen LogP contribution in [0.15, 0.2) is 30.5 Å². The minimum Gasteiger partial charge on any atom is -0.496 e. The highest BCUT2D eigenvalue weighted by molar-refractivity contribution is 5.86. The number of rotatable bonds is 2. The van der Waals surface area contributed by atoms with Crippen molar-refractivity contribution in [3.63, 3.8) is 0 Å². The van der Waals surface area contributed by atoms with Crippen molar-refractivity contribution in [1.82, 2.24) is 4.98 Å². The SMILES string of the molecule is COc1c(C(C)C)cnc2ccccc12. The zero-order valence-electron chi connectivity index (χ0n) is 9.32. The first-order valence-electron chi connectivity index (χ1n) is 5.15. The number of nitrogens with zero attached hydrogens (tertiary/aromatic N) is 1. The van der Waals surface area contributed by atoms with Gasteiger partial charge in [0, 0.05) is 17.1 Å². The van der Waals surface area contributed by atoms with Gasteiger partial charge >= 0.3 is 0 Å². The molecule has 0 saturated heterocycles. The van der Waals surface area contributed by atoms with Crippen molar-refractivity contribution in [2.24, 2.45) is 0 Å². The summed E-state index contributed by atoms with van der Waals surface area (Å²) in [5.74, 6) is 1.38. The van der Waals surface area contributed by atoms with Crippen LogP contribution in [0.1, 0.15) is 25.3 Å². The van der Waals surface area contributed by atoms with Crippen molar-refractivity contribution in [2.45, 2.75) is 19.8 Å². The number of hydrogen-bond acceptors (Lipinski definition) is 2. The lowest BCUT2D eigenvalue weighted by atomic mass is 10.0. The number of fused-ring (bicyclic) bond motifs is 1. The molecule has 2 nitrogen and oxygen atoms in total. The molecule has 1 heterocycles. The van der Waals surface area contributed by atoms with Crippen molar-refractivity contribution in [3.05, 3.63) is 36.0 Å². The Morgan fingerprint density at radius 3 is 2.60 bits per heavy atom. The molecule has 78 valence electrons. The van der Waals surface area contributed by atoms with Crippen LogP contribution in [0.3, 0.4) is 0 Å². The van der Waals surface area contributed by atoms with Crippen LogP contribution in [-0.4, -0.2) is 12.1 Å². The number of aromatic nitrogens is 1. The van der Waals surface area contributed by atoms with Crippen LogP contribution in [0, 0.1) is 0 Å². The topological polar surface area (TPSA) is 22.1 Å². The molecule has 0 unspecified atom stereocenters. The van der Waals surface area contributed by atoms with E-state index >= 15 is 0 Å². The Kier molecular flexibility index (Phi) is 2.58. The molecule has 0 spiro atoms. The van der Waals surface area contributed by atoms with E-state index in [1.807, 2.05) is 30.5 Å². The molecule has 0 saturated carbocycles. The highest BCUT2D eigenvalue weighted by Gasteiger charge is 2.11. The van der Waals surface area contributed by atoms with Gasteiger partial charge in [-0.2, -0.15) is 0 Å². The predicted molar refractivity (Wildman–Crippen MR) is 62.4 cm³/mol. The van der Waals surface area contributed by atoms with Gasteiger partial charge in [-0.1, -0.05) is 26.0 Å². The summed E-state index contributed by atoms with van der Waals surface area (Å²) in [6.07, 6.45) is 1.91. The maximum absolute atomic E-state index is 5.48. The molecule has 2 aromatic rings. The first-order chi connectivity index (χ1) is 7.24. The molecule has 0 amide bonds. The van der Waals surface area contributed by atoms with Crippen LogP contribution >= 0.6 is 0 Å². The Bertz CT molecular complexity index is 477. The minimum absolute atomic E-state index is 0.428. The van der Waals surface area contributed by atoms with Gasteiger partial charge in [-0.05, 0) is 18.1 Å². The highest BCUT2D eigenvalue weighted by atomic mass is 16.5. The fourth-order valence-corrected chi connectivity index (χ4v) is 1.77. The normalized spacial score (nSPS) is 10.9. The van der Waals surface area contributed by atoms with Crippen molar-refractivity contribution >= 4 is 10.9 Å². The number of methoxy groups -OCH3 is 1. The van der Waals surface area contributed by atoms with Crippen molar-refractivity contribution in [1.29, 1.82) is 0 Å². The van der Waals surface area contributed by atoms with Crippen LogP contribution in [-0.2, 0) is 0 Å². The summed E-state index contributed by atoms with van der Waals surface area (Å²) < 4.78 is 5.48. The average Bonchev–Trinajstić information content (AvgIpc) is 2.27. The number of pyridine rings is 1. The van der Waals surface area contributed by atoms with Gasteiger partial charge in [-0.25, -0.2) is 0 Å². The van der Waals surface area contributed by atoms with E-state index in [2.05, 4.69) is 18.8 Å². The third-order valence-electron chi connectivity index (χ3n) is 2.58. The zero-order chi connectivity index (χ0) is 10.8. The van der Waals surface area contributed by atoms with Gasteiger partial charge in [-0.3, -0.25) is 4.98 Å². The Hall–Kier alpha value is -1.57. The standard InChI is InChI=1S/C13H15NO/c1-9(2)11-8-14-12-7-5-4-6-10(12)13(11)15-3/h4-9H,1-3H3. The second-order valence-electron chi connectivity index (χ2n) is 3.92. The summed E-state index contributed by atoms with van der Waals surface area (Å²) >= 11 is 0. The second-order valence-corrected chi connectivity index (χ2v) is 3.92. The molecule has 0 N–H and O–H groups in total. The van der Waals surface area contributed by atoms with Gasteiger partial charge in [-0.15, -0.1) is 0 Å². The van der Waals surface area contributed by atoms with Crippen molar-refractivity contribution in [2.75, 3.05) is 7.11 Å². The Balaban J connectivity index is 2.75. The quantitative estimate of drug-likeness (QED) is 0.743. The van der Waals surface area contributed by atoms with E-state index in [9.17, 15) is 0 Å². The number of ether oxygens (including phenoxy) is 1. The molecule has 2 heteroatoms. The summed E-state index contributed by atoms with van der Waals surface area (Å²) in [4.78, 5) is 4.43.